The molecule has 1 aromatic carbocycles. The first-order valence-corrected chi connectivity index (χ1v) is 7.20. The lowest BCUT2D eigenvalue weighted by atomic mass is 9.61. The fourth-order valence-corrected chi connectivity index (χ4v) is 2.89. The Morgan fingerprint density at radius 3 is 2.68 bits per heavy atom. The molecule has 3 atom stereocenters. The molecule has 3 unspecified atom stereocenters. The summed E-state index contributed by atoms with van der Waals surface area (Å²) in [6.45, 7) is 7.21. The van der Waals surface area contributed by atoms with E-state index in [0.717, 1.165) is 24.3 Å². The lowest BCUT2D eigenvalue weighted by Gasteiger charge is -2.53. The summed E-state index contributed by atoms with van der Waals surface area (Å²) < 4.78 is 11.7. The van der Waals surface area contributed by atoms with Gasteiger partial charge in [0.2, 0.25) is 0 Å². The van der Waals surface area contributed by atoms with Gasteiger partial charge in [0.25, 0.3) is 0 Å². The fraction of sp³-hybridized carbons (Fsp3) is 0.625. The molecule has 0 spiro atoms. The highest BCUT2D eigenvalue weighted by molar-refractivity contribution is 5.33. The van der Waals surface area contributed by atoms with Crippen LogP contribution < -0.4 is 14.8 Å². The van der Waals surface area contributed by atoms with E-state index in [9.17, 15) is 0 Å². The van der Waals surface area contributed by atoms with E-state index in [1.54, 1.807) is 0 Å². The van der Waals surface area contributed by atoms with E-state index in [1.165, 1.54) is 0 Å². The van der Waals surface area contributed by atoms with Crippen LogP contribution in [0.15, 0.2) is 24.3 Å². The van der Waals surface area contributed by atoms with Crippen molar-refractivity contribution < 1.29 is 9.47 Å². The Labute approximate surface area is 116 Å². The molecule has 0 aromatic heterocycles. The quantitative estimate of drug-likeness (QED) is 0.854. The molecule has 1 aliphatic carbocycles. The number of rotatable bonds is 6. The average molecular weight is 263 g/mol. The molecule has 0 bridgehead atoms. The molecule has 0 radical (unpaired) electrons. The van der Waals surface area contributed by atoms with Crippen LogP contribution in [0.3, 0.4) is 0 Å². The summed E-state index contributed by atoms with van der Waals surface area (Å²) in [6, 6.07) is 8.49. The molecule has 2 rings (SSSR count). The predicted octanol–water partition coefficient (Wildman–Crippen LogP) is 3.24. The molecule has 1 saturated carbocycles. The Bertz CT molecular complexity index is 421. The van der Waals surface area contributed by atoms with Crippen molar-refractivity contribution in [3.8, 4) is 11.5 Å². The molecule has 1 N–H and O–H groups in total. The van der Waals surface area contributed by atoms with E-state index in [2.05, 4.69) is 19.2 Å². The van der Waals surface area contributed by atoms with Crippen LogP contribution in [0.25, 0.3) is 0 Å². The lowest BCUT2D eigenvalue weighted by molar-refractivity contribution is -0.0678. The van der Waals surface area contributed by atoms with E-state index in [1.807, 2.05) is 38.2 Å². The van der Waals surface area contributed by atoms with Crippen molar-refractivity contribution in [2.24, 2.45) is 5.41 Å². The van der Waals surface area contributed by atoms with Crippen molar-refractivity contribution in [3.05, 3.63) is 24.3 Å². The van der Waals surface area contributed by atoms with Crippen LogP contribution in [-0.4, -0.2) is 25.8 Å². The van der Waals surface area contributed by atoms with E-state index in [-0.39, 0.29) is 11.5 Å². The highest BCUT2D eigenvalue weighted by Gasteiger charge is 2.51. The number of nitrogens with one attached hydrogen (secondary N) is 1. The second-order valence-electron chi connectivity index (χ2n) is 5.45. The maximum Gasteiger partial charge on any atom is 0.123 e. The smallest absolute Gasteiger partial charge is 0.123 e. The number of ether oxygens (including phenoxy) is 2. The minimum atomic E-state index is 0.219. The van der Waals surface area contributed by atoms with Crippen molar-refractivity contribution in [3.63, 3.8) is 0 Å². The molecule has 0 aliphatic heterocycles. The van der Waals surface area contributed by atoms with Gasteiger partial charge in [-0.3, -0.25) is 0 Å². The van der Waals surface area contributed by atoms with Gasteiger partial charge in [0.05, 0.1) is 6.61 Å². The monoisotopic (exact) mass is 263 g/mol. The normalized spacial score (nSPS) is 29.7. The second-order valence-corrected chi connectivity index (χ2v) is 5.45. The molecule has 0 heterocycles. The highest BCUT2D eigenvalue weighted by Crippen LogP contribution is 2.46. The van der Waals surface area contributed by atoms with Gasteiger partial charge in [-0.15, -0.1) is 0 Å². The summed E-state index contributed by atoms with van der Waals surface area (Å²) in [5.41, 5.74) is 0.219. The average Bonchev–Trinajstić information content (AvgIpc) is 2.43. The minimum absolute atomic E-state index is 0.219. The standard InChI is InChI=1S/C16H25NO2/c1-5-16(3)14(17-4)11-15(16)19-13-9-7-8-12(10-13)18-6-2/h7-10,14-15,17H,5-6,11H2,1-4H3. The van der Waals surface area contributed by atoms with Crippen molar-refractivity contribution in [2.45, 2.75) is 45.8 Å². The van der Waals surface area contributed by atoms with Gasteiger partial charge in [-0.1, -0.05) is 19.9 Å². The topological polar surface area (TPSA) is 30.5 Å². The third kappa shape index (κ3) is 2.71. The summed E-state index contributed by atoms with van der Waals surface area (Å²) in [5.74, 6) is 1.79. The number of hydrogen-bond donors (Lipinski definition) is 1. The second kappa shape index (κ2) is 5.83. The van der Waals surface area contributed by atoms with Gasteiger partial charge in [-0.05, 0) is 32.5 Å². The van der Waals surface area contributed by atoms with Crippen LogP contribution in [0, 0.1) is 5.41 Å². The Balaban J connectivity index is 2.04. The Kier molecular flexibility index (Phi) is 4.35. The van der Waals surface area contributed by atoms with Crippen LogP contribution in [0.2, 0.25) is 0 Å². The van der Waals surface area contributed by atoms with E-state index < -0.39 is 0 Å². The van der Waals surface area contributed by atoms with Gasteiger partial charge in [-0.2, -0.15) is 0 Å². The van der Waals surface area contributed by atoms with Gasteiger partial charge >= 0.3 is 0 Å². The summed E-state index contributed by atoms with van der Waals surface area (Å²) in [6.07, 6.45) is 2.47. The molecule has 1 aliphatic rings. The summed E-state index contributed by atoms with van der Waals surface area (Å²) in [5, 5.41) is 3.39. The van der Waals surface area contributed by atoms with Gasteiger partial charge in [0.15, 0.2) is 0 Å². The SMILES string of the molecule is CCOc1cccc(OC2CC(NC)C2(C)CC)c1. The van der Waals surface area contributed by atoms with Crippen LogP contribution in [-0.2, 0) is 0 Å². The van der Waals surface area contributed by atoms with E-state index >= 15 is 0 Å². The minimum Gasteiger partial charge on any atom is -0.494 e. The molecule has 0 amide bonds. The van der Waals surface area contributed by atoms with Crippen LogP contribution in [0.1, 0.15) is 33.6 Å². The largest absolute Gasteiger partial charge is 0.494 e. The molecule has 0 saturated heterocycles. The lowest BCUT2D eigenvalue weighted by Crippen LogP contribution is -2.62. The molecule has 1 aromatic rings. The third-order valence-corrected chi connectivity index (χ3v) is 4.49. The molecule has 106 valence electrons. The fourth-order valence-electron chi connectivity index (χ4n) is 2.89. The van der Waals surface area contributed by atoms with Gasteiger partial charge in [-0.25, -0.2) is 0 Å². The zero-order valence-corrected chi connectivity index (χ0v) is 12.4. The van der Waals surface area contributed by atoms with Crippen LogP contribution in [0.4, 0.5) is 0 Å². The van der Waals surface area contributed by atoms with Crippen molar-refractivity contribution >= 4 is 0 Å². The van der Waals surface area contributed by atoms with Crippen molar-refractivity contribution in [1.82, 2.24) is 5.32 Å². The van der Waals surface area contributed by atoms with Crippen LogP contribution >= 0.6 is 0 Å². The molecule has 19 heavy (non-hydrogen) atoms. The molecule has 3 heteroatoms. The number of hydrogen-bond acceptors (Lipinski definition) is 3. The van der Waals surface area contributed by atoms with Crippen molar-refractivity contribution in [1.29, 1.82) is 0 Å². The predicted molar refractivity (Wildman–Crippen MR) is 77.9 cm³/mol. The first kappa shape index (κ1) is 14.2. The first-order chi connectivity index (χ1) is 9.13. The molecular formula is C16H25NO2. The first-order valence-electron chi connectivity index (χ1n) is 7.20. The molecular weight excluding hydrogens is 238 g/mol. The zero-order chi connectivity index (χ0) is 13.9. The summed E-state index contributed by atoms with van der Waals surface area (Å²) >= 11 is 0. The summed E-state index contributed by atoms with van der Waals surface area (Å²) in [7, 11) is 2.03. The highest BCUT2D eigenvalue weighted by atomic mass is 16.5. The van der Waals surface area contributed by atoms with E-state index in [4.69, 9.17) is 9.47 Å². The summed E-state index contributed by atoms with van der Waals surface area (Å²) in [4.78, 5) is 0. The molecule has 3 nitrogen and oxygen atoms in total. The number of benzene rings is 1. The Hall–Kier alpha value is -1.22. The maximum atomic E-state index is 6.16. The van der Waals surface area contributed by atoms with Crippen LogP contribution in [0.5, 0.6) is 11.5 Å². The van der Waals surface area contributed by atoms with Gasteiger partial charge < -0.3 is 14.8 Å². The Morgan fingerprint density at radius 2 is 2.05 bits per heavy atom. The van der Waals surface area contributed by atoms with Gasteiger partial charge in [0, 0.05) is 23.9 Å². The zero-order valence-electron chi connectivity index (χ0n) is 12.4. The maximum absolute atomic E-state index is 6.16. The molecule has 1 fully saturated rings. The Morgan fingerprint density at radius 1 is 1.32 bits per heavy atom. The van der Waals surface area contributed by atoms with Crippen molar-refractivity contribution in [2.75, 3.05) is 13.7 Å². The van der Waals surface area contributed by atoms with E-state index in [0.29, 0.717) is 12.6 Å². The third-order valence-electron chi connectivity index (χ3n) is 4.49. The van der Waals surface area contributed by atoms with Gasteiger partial charge in [0.1, 0.15) is 17.6 Å².